The van der Waals surface area contributed by atoms with Crippen molar-refractivity contribution < 1.29 is 0 Å². The van der Waals surface area contributed by atoms with E-state index in [9.17, 15) is 0 Å². The minimum atomic E-state index is 0.609. The van der Waals surface area contributed by atoms with Gasteiger partial charge in [-0.25, -0.2) is 0 Å². The molecule has 0 aliphatic carbocycles. The molecule has 0 radical (unpaired) electrons. The molecular weight excluding hydrogens is 210 g/mol. The molecule has 0 bridgehead atoms. The minimum Gasteiger partial charge on any atom is -0.314 e. The third kappa shape index (κ3) is 4.94. The normalized spacial score (nSPS) is 25.4. The maximum Gasteiger partial charge on any atom is 0.0195 e. The van der Waals surface area contributed by atoms with E-state index in [2.05, 4.69) is 49.7 Å². The van der Waals surface area contributed by atoms with Crippen LogP contribution in [0.4, 0.5) is 0 Å². The lowest BCUT2D eigenvalue weighted by Gasteiger charge is -2.42. The molecule has 1 N–H and O–H groups in total. The Morgan fingerprint density at radius 2 is 1.94 bits per heavy atom. The molecule has 0 aromatic carbocycles. The minimum absolute atomic E-state index is 0.609. The van der Waals surface area contributed by atoms with Crippen molar-refractivity contribution >= 4 is 0 Å². The van der Waals surface area contributed by atoms with E-state index in [1.807, 2.05) is 0 Å². The molecule has 2 unspecified atom stereocenters. The van der Waals surface area contributed by atoms with Gasteiger partial charge in [0.2, 0.25) is 0 Å². The second-order valence-corrected chi connectivity index (χ2v) is 5.72. The summed E-state index contributed by atoms with van der Waals surface area (Å²) in [5, 5.41) is 3.51. The fourth-order valence-corrected chi connectivity index (χ4v) is 2.66. The van der Waals surface area contributed by atoms with Gasteiger partial charge in [-0.15, -0.1) is 0 Å². The van der Waals surface area contributed by atoms with Gasteiger partial charge in [-0.05, 0) is 33.4 Å². The third-order valence-corrected chi connectivity index (χ3v) is 3.94. The van der Waals surface area contributed by atoms with Crippen LogP contribution in [0.5, 0.6) is 0 Å². The van der Waals surface area contributed by atoms with Gasteiger partial charge in [0.15, 0.2) is 0 Å². The molecular formula is C14H31N3. The van der Waals surface area contributed by atoms with Crippen LogP contribution in [0.1, 0.15) is 41.0 Å². The van der Waals surface area contributed by atoms with Crippen LogP contribution in [0.15, 0.2) is 0 Å². The van der Waals surface area contributed by atoms with Gasteiger partial charge in [0.25, 0.3) is 0 Å². The standard InChI is InChI=1S/C14H31N3/c1-6-16-9-10-17(11-14(16)5)13(4)7-8-15-12(2)3/h12-15H,6-11H2,1-5H3. The molecule has 1 fully saturated rings. The number of likely N-dealkylation sites (N-methyl/N-ethyl adjacent to an activating group) is 1. The molecule has 1 rings (SSSR count). The summed E-state index contributed by atoms with van der Waals surface area (Å²) in [5.74, 6) is 0. The summed E-state index contributed by atoms with van der Waals surface area (Å²) in [4.78, 5) is 5.23. The lowest BCUT2D eigenvalue weighted by atomic mass is 10.1. The first-order chi connectivity index (χ1) is 8.04. The predicted molar refractivity (Wildman–Crippen MR) is 75.5 cm³/mol. The Morgan fingerprint density at radius 1 is 1.24 bits per heavy atom. The lowest BCUT2D eigenvalue weighted by molar-refractivity contribution is 0.0612. The Bertz CT molecular complexity index is 206. The van der Waals surface area contributed by atoms with Crippen molar-refractivity contribution in [2.24, 2.45) is 0 Å². The van der Waals surface area contributed by atoms with E-state index in [1.165, 1.54) is 32.6 Å². The average Bonchev–Trinajstić information content (AvgIpc) is 2.28. The van der Waals surface area contributed by atoms with Gasteiger partial charge in [-0.2, -0.15) is 0 Å². The molecule has 2 atom stereocenters. The Labute approximate surface area is 108 Å². The summed E-state index contributed by atoms with van der Waals surface area (Å²) in [6, 6.07) is 2.04. The van der Waals surface area contributed by atoms with Crippen molar-refractivity contribution in [1.29, 1.82) is 0 Å². The maximum absolute atomic E-state index is 3.51. The van der Waals surface area contributed by atoms with Crippen molar-refractivity contribution in [3.63, 3.8) is 0 Å². The summed E-state index contributed by atoms with van der Waals surface area (Å²) >= 11 is 0. The zero-order valence-electron chi connectivity index (χ0n) is 12.4. The molecule has 3 heteroatoms. The molecule has 17 heavy (non-hydrogen) atoms. The van der Waals surface area contributed by atoms with Crippen molar-refractivity contribution in [2.45, 2.75) is 59.2 Å². The highest BCUT2D eigenvalue weighted by Crippen LogP contribution is 2.13. The first-order valence-corrected chi connectivity index (χ1v) is 7.26. The van der Waals surface area contributed by atoms with Gasteiger partial charge < -0.3 is 5.32 Å². The van der Waals surface area contributed by atoms with Crippen molar-refractivity contribution in [2.75, 3.05) is 32.7 Å². The smallest absolute Gasteiger partial charge is 0.0195 e. The van der Waals surface area contributed by atoms with Crippen LogP contribution in [-0.2, 0) is 0 Å². The summed E-state index contributed by atoms with van der Waals surface area (Å²) in [5.41, 5.74) is 0. The van der Waals surface area contributed by atoms with Crippen molar-refractivity contribution in [3.8, 4) is 0 Å². The second kappa shape index (κ2) is 7.34. The fraction of sp³-hybridized carbons (Fsp3) is 1.00. The molecule has 3 nitrogen and oxygen atoms in total. The zero-order chi connectivity index (χ0) is 12.8. The number of hydrogen-bond acceptors (Lipinski definition) is 3. The van der Waals surface area contributed by atoms with Gasteiger partial charge in [0.1, 0.15) is 0 Å². The molecule has 1 aliphatic heterocycles. The van der Waals surface area contributed by atoms with E-state index in [4.69, 9.17) is 0 Å². The van der Waals surface area contributed by atoms with E-state index in [0.29, 0.717) is 18.1 Å². The summed E-state index contributed by atoms with van der Waals surface area (Å²) < 4.78 is 0. The van der Waals surface area contributed by atoms with Gasteiger partial charge in [-0.1, -0.05) is 20.8 Å². The van der Waals surface area contributed by atoms with Crippen LogP contribution in [0.25, 0.3) is 0 Å². The third-order valence-electron chi connectivity index (χ3n) is 3.94. The number of hydrogen-bond donors (Lipinski definition) is 1. The van der Waals surface area contributed by atoms with Crippen LogP contribution in [0.3, 0.4) is 0 Å². The van der Waals surface area contributed by atoms with Crippen molar-refractivity contribution in [3.05, 3.63) is 0 Å². The molecule has 1 heterocycles. The lowest BCUT2D eigenvalue weighted by Crippen LogP contribution is -2.54. The summed E-state index contributed by atoms with van der Waals surface area (Å²) in [6.45, 7) is 17.5. The predicted octanol–water partition coefficient (Wildman–Crippen LogP) is 1.79. The Kier molecular flexibility index (Phi) is 6.45. The molecule has 0 saturated carbocycles. The summed E-state index contributed by atoms with van der Waals surface area (Å²) in [6.07, 6.45) is 1.26. The quantitative estimate of drug-likeness (QED) is 0.765. The fourth-order valence-electron chi connectivity index (χ4n) is 2.66. The Balaban J connectivity index is 2.26. The average molecular weight is 241 g/mol. The number of piperazine rings is 1. The van der Waals surface area contributed by atoms with Gasteiger partial charge >= 0.3 is 0 Å². The SMILES string of the molecule is CCN1CCN(C(C)CCNC(C)C)CC1C. The molecule has 0 aromatic heterocycles. The second-order valence-electron chi connectivity index (χ2n) is 5.72. The Morgan fingerprint density at radius 3 is 2.47 bits per heavy atom. The highest BCUT2D eigenvalue weighted by molar-refractivity contribution is 4.81. The van der Waals surface area contributed by atoms with E-state index < -0.39 is 0 Å². The Hall–Kier alpha value is -0.120. The zero-order valence-corrected chi connectivity index (χ0v) is 12.4. The first-order valence-electron chi connectivity index (χ1n) is 7.26. The number of rotatable bonds is 6. The van der Waals surface area contributed by atoms with E-state index in [1.54, 1.807) is 0 Å². The van der Waals surface area contributed by atoms with Gasteiger partial charge in [0.05, 0.1) is 0 Å². The van der Waals surface area contributed by atoms with Crippen LogP contribution >= 0.6 is 0 Å². The van der Waals surface area contributed by atoms with Crippen LogP contribution in [-0.4, -0.2) is 60.6 Å². The van der Waals surface area contributed by atoms with E-state index in [0.717, 1.165) is 6.54 Å². The monoisotopic (exact) mass is 241 g/mol. The highest BCUT2D eigenvalue weighted by Gasteiger charge is 2.24. The van der Waals surface area contributed by atoms with Crippen LogP contribution in [0, 0.1) is 0 Å². The molecule has 1 aliphatic rings. The molecule has 0 amide bonds. The number of nitrogens with one attached hydrogen (secondary N) is 1. The summed E-state index contributed by atoms with van der Waals surface area (Å²) in [7, 11) is 0. The highest BCUT2D eigenvalue weighted by atomic mass is 15.3. The topological polar surface area (TPSA) is 18.5 Å². The molecule has 0 aromatic rings. The molecule has 102 valence electrons. The maximum atomic E-state index is 3.51. The molecule has 0 spiro atoms. The van der Waals surface area contributed by atoms with Crippen LogP contribution in [0.2, 0.25) is 0 Å². The first kappa shape index (κ1) is 14.9. The van der Waals surface area contributed by atoms with E-state index in [-0.39, 0.29) is 0 Å². The molecule has 1 saturated heterocycles. The largest absolute Gasteiger partial charge is 0.314 e. The van der Waals surface area contributed by atoms with E-state index >= 15 is 0 Å². The van der Waals surface area contributed by atoms with Crippen molar-refractivity contribution in [1.82, 2.24) is 15.1 Å². The van der Waals surface area contributed by atoms with Crippen LogP contribution < -0.4 is 5.32 Å². The van der Waals surface area contributed by atoms with Gasteiger partial charge in [0, 0.05) is 37.8 Å². The van der Waals surface area contributed by atoms with Gasteiger partial charge in [-0.3, -0.25) is 9.80 Å². The number of nitrogens with zero attached hydrogens (tertiary/aromatic N) is 2.